The summed E-state index contributed by atoms with van der Waals surface area (Å²) in [6.45, 7) is 3.39. The highest BCUT2D eigenvalue weighted by molar-refractivity contribution is 7.89. The van der Waals surface area contributed by atoms with Crippen LogP contribution in [0.1, 0.15) is 18.9 Å². The van der Waals surface area contributed by atoms with Gasteiger partial charge in [0.1, 0.15) is 0 Å². The Bertz CT molecular complexity index is 458. The number of aryl methyl sites for hydroxylation is 1. The van der Waals surface area contributed by atoms with E-state index >= 15 is 0 Å². The van der Waals surface area contributed by atoms with Crippen LogP contribution >= 0.6 is 12.4 Å². The predicted octanol–water partition coefficient (Wildman–Crippen LogP) is 1.90. The first-order valence-corrected chi connectivity index (χ1v) is 7.67. The van der Waals surface area contributed by atoms with Gasteiger partial charge in [-0.2, -0.15) is 0 Å². The SMILES string of the molecule is CCc1ccc(S(=O)(=O)NCCCN(C)C)cc1.Cl. The lowest BCUT2D eigenvalue weighted by molar-refractivity contribution is 0.400. The fourth-order valence-electron chi connectivity index (χ4n) is 1.59. The van der Waals surface area contributed by atoms with E-state index in [-0.39, 0.29) is 12.4 Å². The van der Waals surface area contributed by atoms with Gasteiger partial charge in [0.05, 0.1) is 4.90 Å². The van der Waals surface area contributed by atoms with Gasteiger partial charge in [-0.1, -0.05) is 19.1 Å². The lowest BCUT2D eigenvalue weighted by Gasteiger charge is -2.10. The average Bonchev–Trinajstić information content (AvgIpc) is 2.34. The molecule has 0 spiro atoms. The number of nitrogens with one attached hydrogen (secondary N) is 1. The van der Waals surface area contributed by atoms with Gasteiger partial charge in [-0.15, -0.1) is 12.4 Å². The van der Waals surface area contributed by atoms with Crippen molar-refractivity contribution in [3.63, 3.8) is 0 Å². The lowest BCUT2D eigenvalue weighted by Crippen LogP contribution is -2.27. The van der Waals surface area contributed by atoms with Crippen LogP contribution in [0.15, 0.2) is 29.2 Å². The Hall–Kier alpha value is -0.620. The van der Waals surface area contributed by atoms with Gasteiger partial charge in [-0.25, -0.2) is 13.1 Å². The molecule has 0 fully saturated rings. The number of sulfonamides is 1. The van der Waals surface area contributed by atoms with Crippen LogP contribution in [0.5, 0.6) is 0 Å². The van der Waals surface area contributed by atoms with Crippen LogP contribution in [0.4, 0.5) is 0 Å². The zero-order chi connectivity index (χ0) is 13.6. The topological polar surface area (TPSA) is 49.4 Å². The van der Waals surface area contributed by atoms with Crippen molar-refractivity contribution in [2.75, 3.05) is 27.2 Å². The van der Waals surface area contributed by atoms with Crippen molar-refractivity contribution in [2.24, 2.45) is 0 Å². The summed E-state index contributed by atoms with van der Waals surface area (Å²) in [7, 11) is 0.589. The van der Waals surface area contributed by atoms with Gasteiger partial charge in [-0.05, 0) is 51.2 Å². The number of rotatable bonds is 7. The molecule has 1 N–H and O–H groups in total. The van der Waals surface area contributed by atoms with Crippen molar-refractivity contribution >= 4 is 22.4 Å². The highest BCUT2D eigenvalue weighted by atomic mass is 35.5. The van der Waals surface area contributed by atoms with Gasteiger partial charge in [-0.3, -0.25) is 0 Å². The summed E-state index contributed by atoms with van der Waals surface area (Å²) < 4.78 is 26.5. The molecule has 1 aromatic carbocycles. The van der Waals surface area contributed by atoms with E-state index in [1.54, 1.807) is 12.1 Å². The summed E-state index contributed by atoms with van der Waals surface area (Å²) in [5, 5.41) is 0. The Morgan fingerprint density at radius 1 is 1.16 bits per heavy atom. The van der Waals surface area contributed by atoms with Crippen molar-refractivity contribution in [1.82, 2.24) is 9.62 Å². The van der Waals surface area contributed by atoms with E-state index in [0.717, 1.165) is 24.9 Å². The zero-order valence-electron chi connectivity index (χ0n) is 11.7. The maximum Gasteiger partial charge on any atom is 0.240 e. The molecule has 0 aliphatic heterocycles. The molecule has 0 atom stereocenters. The molecule has 0 aliphatic rings. The van der Waals surface area contributed by atoms with E-state index in [1.807, 2.05) is 38.1 Å². The number of halogens is 1. The molecule has 0 saturated carbocycles. The van der Waals surface area contributed by atoms with Crippen molar-refractivity contribution in [1.29, 1.82) is 0 Å². The molecule has 0 heterocycles. The van der Waals surface area contributed by atoms with Crippen LogP contribution in [-0.4, -0.2) is 40.5 Å². The maximum absolute atomic E-state index is 12.0. The van der Waals surface area contributed by atoms with Crippen molar-refractivity contribution in [2.45, 2.75) is 24.7 Å². The number of benzene rings is 1. The van der Waals surface area contributed by atoms with Crippen molar-refractivity contribution in [3.8, 4) is 0 Å². The maximum atomic E-state index is 12.0. The minimum Gasteiger partial charge on any atom is -0.309 e. The standard InChI is InChI=1S/C13H22N2O2S.ClH/c1-4-12-6-8-13(9-7-12)18(16,17)14-10-5-11-15(2)3;/h6-9,14H,4-5,10-11H2,1-3H3;1H. The molecule has 0 unspecified atom stereocenters. The van der Waals surface area contributed by atoms with Gasteiger partial charge in [0.2, 0.25) is 10.0 Å². The molecule has 0 amide bonds. The monoisotopic (exact) mass is 306 g/mol. The quantitative estimate of drug-likeness (QED) is 0.783. The lowest BCUT2D eigenvalue weighted by atomic mass is 10.2. The van der Waals surface area contributed by atoms with Crippen LogP contribution < -0.4 is 4.72 Å². The molecule has 1 rings (SSSR count). The van der Waals surface area contributed by atoms with Crippen molar-refractivity contribution in [3.05, 3.63) is 29.8 Å². The fourth-order valence-corrected chi connectivity index (χ4v) is 2.66. The predicted molar refractivity (Wildman–Crippen MR) is 81.4 cm³/mol. The Kier molecular flexibility index (Phi) is 8.25. The number of hydrogen-bond acceptors (Lipinski definition) is 3. The minimum atomic E-state index is -3.35. The first-order chi connectivity index (χ1) is 8.45. The Morgan fingerprint density at radius 2 is 1.74 bits per heavy atom. The second-order valence-corrected chi connectivity index (χ2v) is 6.32. The molecule has 0 saturated heterocycles. The van der Waals surface area contributed by atoms with Gasteiger partial charge < -0.3 is 4.90 Å². The molecule has 6 heteroatoms. The molecule has 19 heavy (non-hydrogen) atoms. The van der Waals surface area contributed by atoms with Gasteiger partial charge >= 0.3 is 0 Å². The Morgan fingerprint density at radius 3 is 2.21 bits per heavy atom. The molecule has 0 bridgehead atoms. The third kappa shape index (κ3) is 6.38. The first-order valence-electron chi connectivity index (χ1n) is 6.19. The Balaban J connectivity index is 0.00000324. The molecule has 0 aliphatic carbocycles. The third-order valence-electron chi connectivity index (χ3n) is 2.72. The summed E-state index contributed by atoms with van der Waals surface area (Å²) in [5.74, 6) is 0. The molecular formula is C13H23ClN2O2S. The fraction of sp³-hybridized carbons (Fsp3) is 0.538. The number of hydrogen-bond donors (Lipinski definition) is 1. The second kappa shape index (κ2) is 8.53. The van der Waals surface area contributed by atoms with E-state index in [0.29, 0.717) is 11.4 Å². The highest BCUT2D eigenvalue weighted by Crippen LogP contribution is 2.10. The average molecular weight is 307 g/mol. The van der Waals surface area contributed by atoms with Crippen LogP contribution in [0.25, 0.3) is 0 Å². The Labute approximate surface area is 122 Å². The summed E-state index contributed by atoms with van der Waals surface area (Å²) in [6.07, 6.45) is 1.72. The highest BCUT2D eigenvalue weighted by Gasteiger charge is 2.12. The number of nitrogens with zero attached hydrogens (tertiary/aromatic N) is 1. The van der Waals surface area contributed by atoms with Crippen LogP contribution in [0.3, 0.4) is 0 Å². The van der Waals surface area contributed by atoms with Gasteiger partial charge in [0.15, 0.2) is 0 Å². The van der Waals surface area contributed by atoms with E-state index in [1.165, 1.54) is 0 Å². The minimum absolute atomic E-state index is 0. The summed E-state index contributed by atoms with van der Waals surface area (Å²) >= 11 is 0. The largest absolute Gasteiger partial charge is 0.309 e. The van der Waals surface area contributed by atoms with E-state index < -0.39 is 10.0 Å². The van der Waals surface area contributed by atoms with Crippen molar-refractivity contribution < 1.29 is 8.42 Å². The molecular weight excluding hydrogens is 284 g/mol. The van der Waals surface area contributed by atoms with E-state index in [9.17, 15) is 8.42 Å². The molecule has 4 nitrogen and oxygen atoms in total. The van der Waals surface area contributed by atoms with Gasteiger partial charge in [0, 0.05) is 6.54 Å². The normalized spacial score (nSPS) is 11.4. The second-order valence-electron chi connectivity index (χ2n) is 4.55. The first kappa shape index (κ1) is 18.4. The van der Waals surface area contributed by atoms with Gasteiger partial charge in [0.25, 0.3) is 0 Å². The smallest absolute Gasteiger partial charge is 0.240 e. The molecule has 0 aromatic heterocycles. The molecule has 1 aromatic rings. The van der Waals surface area contributed by atoms with Crippen LogP contribution in [-0.2, 0) is 16.4 Å². The summed E-state index contributed by atoms with van der Waals surface area (Å²) in [5.41, 5.74) is 1.14. The van der Waals surface area contributed by atoms with E-state index in [4.69, 9.17) is 0 Å². The summed E-state index contributed by atoms with van der Waals surface area (Å²) in [4.78, 5) is 2.37. The third-order valence-corrected chi connectivity index (χ3v) is 4.19. The van der Waals surface area contributed by atoms with Crippen LogP contribution in [0, 0.1) is 0 Å². The summed E-state index contributed by atoms with van der Waals surface area (Å²) in [6, 6.07) is 7.03. The van der Waals surface area contributed by atoms with Crippen LogP contribution in [0.2, 0.25) is 0 Å². The zero-order valence-corrected chi connectivity index (χ0v) is 13.4. The molecule has 110 valence electrons. The van der Waals surface area contributed by atoms with E-state index in [2.05, 4.69) is 4.72 Å². The molecule has 0 radical (unpaired) electrons.